The van der Waals surface area contributed by atoms with Crippen molar-refractivity contribution in [3.05, 3.63) is 65.2 Å². The van der Waals surface area contributed by atoms with Crippen LogP contribution in [-0.2, 0) is 29.0 Å². The van der Waals surface area contributed by atoms with Crippen LogP contribution in [0, 0.1) is 17.8 Å². The first-order valence-electron chi connectivity index (χ1n) is 13.2. The molecule has 2 aromatic carbocycles. The van der Waals surface area contributed by atoms with Crippen molar-refractivity contribution >= 4 is 5.97 Å². The second-order valence-corrected chi connectivity index (χ2v) is 10.2. The zero-order valence-corrected chi connectivity index (χ0v) is 20.6. The van der Waals surface area contributed by atoms with E-state index in [1.807, 2.05) is 42.5 Å². The van der Waals surface area contributed by atoms with Crippen LogP contribution in [0.1, 0.15) is 75.0 Å². The molecule has 0 bridgehead atoms. The van der Waals surface area contributed by atoms with Gasteiger partial charge in [0, 0.05) is 0 Å². The van der Waals surface area contributed by atoms with Crippen LogP contribution in [0.15, 0.2) is 48.5 Å². The quantitative estimate of drug-likeness (QED) is 0.297. The minimum absolute atomic E-state index is 0.0596. The van der Waals surface area contributed by atoms with Gasteiger partial charge in [0.15, 0.2) is 6.61 Å². The van der Waals surface area contributed by atoms with E-state index in [4.69, 9.17) is 9.47 Å². The van der Waals surface area contributed by atoms with Gasteiger partial charge < -0.3 is 14.6 Å². The number of hydrogen-bond donors (Lipinski definition) is 1. The van der Waals surface area contributed by atoms with Gasteiger partial charge in [0.1, 0.15) is 12.4 Å². The van der Waals surface area contributed by atoms with Gasteiger partial charge in [-0.2, -0.15) is 0 Å². The number of esters is 1. The molecular formula is C30H40O4. The molecule has 1 fully saturated rings. The van der Waals surface area contributed by atoms with Crippen molar-refractivity contribution in [1.29, 1.82) is 0 Å². The number of hydrogen-bond acceptors (Lipinski definition) is 4. The number of aliphatic hydroxyl groups excluding tert-OH is 1. The first-order valence-corrected chi connectivity index (χ1v) is 13.2. The summed E-state index contributed by atoms with van der Waals surface area (Å²) >= 11 is 0. The number of unbranched alkanes of at least 4 members (excludes halogenated alkanes) is 2. The van der Waals surface area contributed by atoms with Gasteiger partial charge in [0.25, 0.3) is 0 Å². The van der Waals surface area contributed by atoms with E-state index in [0.717, 1.165) is 55.8 Å². The van der Waals surface area contributed by atoms with E-state index >= 15 is 0 Å². The van der Waals surface area contributed by atoms with Crippen LogP contribution in [0.2, 0.25) is 0 Å². The fourth-order valence-corrected chi connectivity index (χ4v) is 5.97. The molecule has 4 atom stereocenters. The van der Waals surface area contributed by atoms with Crippen molar-refractivity contribution in [3.8, 4) is 5.75 Å². The van der Waals surface area contributed by atoms with Crippen LogP contribution in [-0.4, -0.2) is 23.8 Å². The Bertz CT molecular complexity index is 909. The maximum atomic E-state index is 12.2. The molecule has 0 aromatic heterocycles. The molecular weight excluding hydrogens is 424 g/mol. The Morgan fingerprint density at radius 2 is 1.88 bits per heavy atom. The molecule has 0 aliphatic heterocycles. The van der Waals surface area contributed by atoms with E-state index in [9.17, 15) is 9.90 Å². The zero-order valence-electron chi connectivity index (χ0n) is 20.6. The molecule has 3 unspecified atom stereocenters. The van der Waals surface area contributed by atoms with E-state index in [1.54, 1.807) is 0 Å². The molecule has 4 heteroatoms. The topological polar surface area (TPSA) is 55.8 Å². The first kappa shape index (κ1) is 24.8. The van der Waals surface area contributed by atoms with E-state index in [0.29, 0.717) is 11.8 Å². The molecule has 2 aromatic rings. The molecule has 4 nitrogen and oxygen atoms in total. The summed E-state index contributed by atoms with van der Waals surface area (Å²) < 4.78 is 11.3. The summed E-state index contributed by atoms with van der Waals surface area (Å²) in [4.78, 5) is 12.2. The highest BCUT2D eigenvalue weighted by Gasteiger charge is 2.39. The molecule has 0 radical (unpaired) electrons. The predicted molar refractivity (Wildman–Crippen MR) is 135 cm³/mol. The first-order chi connectivity index (χ1) is 16.6. The number of aliphatic hydroxyl groups is 1. The third kappa shape index (κ3) is 6.63. The molecule has 184 valence electrons. The Hall–Kier alpha value is -2.33. The number of rotatable bonds is 12. The summed E-state index contributed by atoms with van der Waals surface area (Å²) in [6.07, 6.45) is 11.1. The third-order valence-electron chi connectivity index (χ3n) is 7.87. The molecule has 0 saturated heterocycles. The molecule has 0 heterocycles. The van der Waals surface area contributed by atoms with Gasteiger partial charge in [-0.25, -0.2) is 4.79 Å². The van der Waals surface area contributed by atoms with Crippen molar-refractivity contribution in [3.63, 3.8) is 0 Å². The molecule has 2 aliphatic carbocycles. The van der Waals surface area contributed by atoms with Crippen LogP contribution in [0.3, 0.4) is 0 Å². The van der Waals surface area contributed by atoms with Crippen LogP contribution in [0.4, 0.5) is 0 Å². The average Bonchev–Trinajstić information content (AvgIpc) is 3.26. The summed E-state index contributed by atoms with van der Waals surface area (Å²) in [5.41, 5.74) is 3.62. The highest BCUT2D eigenvalue weighted by molar-refractivity contribution is 5.71. The number of ether oxygens (including phenoxy) is 2. The normalized spacial score (nSPS) is 22.0. The standard InChI is InChI=1S/C30H40O4/c1-2-3-5-12-26(31)17-16-23-14-15-25-19-28-24(18-27(23)25)11-8-13-29(28)33-21-30(32)34-20-22-9-6-4-7-10-22/h4,6-11,13,23,25-27,31H,2-3,5,12,14-21H2,1H3/t23-,25?,26?,27?/m1/s1. The molecule has 34 heavy (non-hydrogen) atoms. The lowest BCUT2D eigenvalue weighted by atomic mass is 9.73. The minimum atomic E-state index is -0.339. The summed E-state index contributed by atoms with van der Waals surface area (Å²) in [5, 5.41) is 10.4. The fraction of sp³-hybridized carbons (Fsp3) is 0.567. The van der Waals surface area contributed by atoms with Crippen LogP contribution in [0.5, 0.6) is 5.75 Å². The maximum absolute atomic E-state index is 12.2. The third-order valence-corrected chi connectivity index (χ3v) is 7.87. The number of carbonyl (C=O) groups is 1. The monoisotopic (exact) mass is 464 g/mol. The largest absolute Gasteiger partial charge is 0.482 e. The van der Waals surface area contributed by atoms with Gasteiger partial charge in [-0.15, -0.1) is 0 Å². The van der Waals surface area contributed by atoms with Crippen molar-refractivity contribution < 1.29 is 19.4 Å². The van der Waals surface area contributed by atoms with Crippen molar-refractivity contribution in [1.82, 2.24) is 0 Å². The van der Waals surface area contributed by atoms with Crippen molar-refractivity contribution in [2.45, 2.75) is 83.8 Å². The Morgan fingerprint density at radius 3 is 2.71 bits per heavy atom. The Labute approximate surface area is 204 Å². The van der Waals surface area contributed by atoms with Crippen molar-refractivity contribution in [2.24, 2.45) is 17.8 Å². The van der Waals surface area contributed by atoms with E-state index in [-0.39, 0.29) is 25.3 Å². The maximum Gasteiger partial charge on any atom is 0.344 e. The highest BCUT2D eigenvalue weighted by atomic mass is 16.6. The molecule has 1 saturated carbocycles. The van der Waals surface area contributed by atoms with Gasteiger partial charge in [0.2, 0.25) is 0 Å². The van der Waals surface area contributed by atoms with E-state index in [1.165, 1.54) is 36.8 Å². The Kier molecular flexibility index (Phi) is 9.04. The molecule has 0 spiro atoms. The lowest BCUT2D eigenvalue weighted by molar-refractivity contribution is -0.147. The second kappa shape index (κ2) is 12.4. The van der Waals surface area contributed by atoms with Gasteiger partial charge in [0.05, 0.1) is 6.10 Å². The molecule has 0 amide bonds. The fourth-order valence-electron chi connectivity index (χ4n) is 5.97. The smallest absolute Gasteiger partial charge is 0.344 e. The van der Waals surface area contributed by atoms with Gasteiger partial charge in [-0.05, 0) is 85.5 Å². The molecule has 2 aliphatic rings. The number of benzene rings is 2. The lowest BCUT2D eigenvalue weighted by Crippen LogP contribution is -2.26. The predicted octanol–water partition coefficient (Wildman–Crippen LogP) is 6.27. The number of fused-ring (bicyclic) bond motifs is 2. The summed E-state index contributed by atoms with van der Waals surface area (Å²) in [7, 11) is 0. The minimum Gasteiger partial charge on any atom is -0.482 e. The van der Waals surface area contributed by atoms with Crippen LogP contribution in [0.25, 0.3) is 0 Å². The summed E-state index contributed by atoms with van der Waals surface area (Å²) in [6.45, 7) is 2.42. The highest BCUT2D eigenvalue weighted by Crippen LogP contribution is 2.48. The van der Waals surface area contributed by atoms with Crippen LogP contribution < -0.4 is 4.74 Å². The van der Waals surface area contributed by atoms with E-state index in [2.05, 4.69) is 13.0 Å². The second-order valence-electron chi connectivity index (χ2n) is 10.2. The van der Waals surface area contributed by atoms with Gasteiger partial charge >= 0.3 is 5.97 Å². The van der Waals surface area contributed by atoms with Crippen molar-refractivity contribution in [2.75, 3.05) is 6.61 Å². The number of carbonyl (C=O) groups excluding carboxylic acids is 1. The SMILES string of the molecule is CCCCCC(O)CC[C@H]1CCC2Cc3c(cccc3OCC(=O)OCc3ccccc3)CC21. The van der Waals surface area contributed by atoms with E-state index < -0.39 is 0 Å². The van der Waals surface area contributed by atoms with Gasteiger partial charge in [-0.3, -0.25) is 0 Å². The van der Waals surface area contributed by atoms with Gasteiger partial charge in [-0.1, -0.05) is 68.7 Å². The lowest BCUT2D eigenvalue weighted by Gasteiger charge is -2.32. The average molecular weight is 465 g/mol. The van der Waals surface area contributed by atoms with Crippen LogP contribution >= 0.6 is 0 Å². The Morgan fingerprint density at radius 1 is 1.03 bits per heavy atom. The molecule has 1 N–H and O–H groups in total. The summed E-state index contributed by atoms with van der Waals surface area (Å²) in [5.74, 6) is 2.61. The zero-order chi connectivity index (χ0) is 23.8. The molecule has 4 rings (SSSR count). The Balaban J connectivity index is 1.28. The summed E-state index contributed by atoms with van der Waals surface area (Å²) in [6, 6.07) is 16.0.